The second-order valence-corrected chi connectivity index (χ2v) is 3.94. The van der Waals surface area contributed by atoms with Gasteiger partial charge < -0.3 is 9.14 Å². The first-order chi connectivity index (χ1) is 8.78. The molecule has 1 aromatic carbocycles. The fraction of sp³-hybridized carbons (Fsp3) is 0.0714. The maximum Gasteiger partial charge on any atom is 0.137 e. The number of aromatic nitrogens is 2. The van der Waals surface area contributed by atoms with Gasteiger partial charge in [-0.1, -0.05) is 12.1 Å². The number of benzene rings is 1. The van der Waals surface area contributed by atoms with Gasteiger partial charge in [-0.15, -0.1) is 0 Å². The second-order valence-electron chi connectivity index (χ2n) is 3.94. The molecule has 18 heavy (non-hydrogen) atoms. The SMILES string of the molecule is COc1ccc2nc(-c3ccccc3F)cn2c1. The number of hydrogen-bond donors (Lipinski definition) is 0. The molecule has 2 aromatic heterocycles. The molecular formula is C14H11FN2O. The number of methoxy groups -OCH3 is 1. The van der Waals surface area contributed by atoms with Crippen molar-refractivity contribution >= 4 is 5.65 Å². The van der Waals surface area contributed by atoms with Gasteiger partial charge in [0.1, 0.15) is 17.2 Å². The Kier molecular flexibility index (Phi) is 2.48. The molecule has 2 heterocycles. The zero-order valence-corrected chi connectivity index (χ0v) is 9.80. The summed E-state index contributed by atoms with van der Waals surface area (Å²) in [6.45, 7) is 0. The molecule has 0 bridgehead atoms. The Bertz CT molecular complexity index is 706. The van der Waals surface area contributed by atoms with E-state index in [0.717, 1.165) is 11.4 Å². The van der Waals surface area contributed by atoms with E-state index >= 15 is 0 Å². The molecule has 0 aliphatic rings. The van der Waals surface area contributed by atoms with Crippen molar-refractivity contribution < 1.29 is 9.13 Å². The molecule has 0 fully saturated rings. The van der Waals surface area contributed by atoms with Crippen LogP contribution in [0.5, 0.6) is 5.75 Å². The van der Waals surface area contributed by atoms with E-state index in [-0.39, 0.29) is 5.82 Å². The first-order valence-electron chi connectivity index (χ1n) is 5.55. The van der Waals surface area contributed by atoms with E-state index in [4.69, 9.17) is 4.74 Å². The quantitative estimate of drug-likeness (QED) is 0.690. The Hall–Kier alpha value is -2.36. The number of rotatable bonds is 2. The predicted molar refractivity (Wildman–Crippen MR) is 67.1 cm³/mol. The molecule has 0 N–H and O–H groups in total. The lowest BCUT2D eigenvalue weighted by atomic mass is 10.1. The van der Waals surface area contributed by atoms with Crippen molar-refractivity contribution in [2.45, 2.75) is 0 Å². The monoisotopic (exact) mass is 242 g/mol. The smallest absolute Gasteiger partial charge is 0.137 e. The van der Waals surface area contributed by atoms with Crippen molar-refractivity contribution in [2.24, 2.45) is 0 Å². The van der Waals surface area contributed by atoms with Gasteiger partial charge >= 0.3 is 0 Å². The van der Waals surface area contributed by atoms with Crippen LogP contribution in [0.25, 0.3) is 16.9 Å². The summed E-state index contributed by atoms with van der Waals surface area (Å²) in [5, 5.41) is 0. The molecule has 0 aliphatic carbocycles. The van der Waals surface area contributed by atoms with Gasteiger partial charge in [0.05, 0.1) is 19.0 Å². The van der Waals surface area contributed by atoms with Crippen LogP contribution < -0.4 is 4.74 Å². The zero-order valence-electron chi connectivity index (χ0n) is 9.80. The molecule has 0 saturated heterocycles. The van der Waals surface area contributed by atoms with E-state index in [9.17, 15) is 4.39 Å². The average molecular weight is 242 g/mol. The van der Waals surface area contributed by atoms with E-state index in [0.29, 0.717) is 11.3 Å². The third-order valence-corrected chi connectivity index (χ3v) is 2.81. The molecule has 0 radical (unpaired) electrons. The number of pyridine rings is 1. The standard InChI is InChI=1S/C14H11FN2O/c1-18-10-6-7-14-16-13(9-17(14)8-10)11-4-2-3-5-12(11)15/h2-9H,1H3. The number of halogens is 1. The second kappa shape index (κ2) is 4.14. The number of nitrogens with zero attached hydrogens (tertiary/aromatic N) is 2. The van der Waals surface area contributed by atoms with Crippen molar-refractivity contribution in [1.29, 1.82) is 0 Å². The fourth-order valence-corrected chi connectivity index (χ4v) is 1.89. The first kappa shape index (κ1) is 10.8. The molecule has 4 heteroatoms. The van der Waals surface area contributed by atoms with Crippen molar-refractivity contribution in [3.8, 4) is 17.0 Å². The van der Waals surface area contributed by atoms with Gasteiger partial charge in [-0.2, -0.15) is 0 Å². The van der Waals surface area contributed by atoms with Crippen LogP contribution in [0.3, 0.4) is 0 Å². The Balaban J connectivity index is 2.17. The van der Waals surface area contributed by atoms with Gasteiger partial charge in [0.2, 0.25) is 0 Å². The van der Waals surface area contributed by atoms with Crippen molar-refractivity contribution in [1.82, 2.24) is 9.38 Å². The third kappa shape index (κ3) is 1.72. The van der Waals surface area contributed by atoms with Gasteiger partial charge in [-0.3, -0.25) is 0 Å². The third-order valence-electron chi connectivity index (χ3n) is 2.81. The average Bonchev–Trinajstić information content (AvgIpc) is 2.81. The Labute approximate surface area is 103 Å². The predicted octanol–water partition coefficient (Wildman–Crippen LogP) is 3.15. The van der Waals surface area contributed by atoms with Gasteiger partial charge in [0.15, 0.2) is 0 Å². The van der Waals surface area contributed by atoms with Crippen LogP contribution in [0, 0.1) is 5.82 Å². The van der Waals surface area contributed by atoms with Gasteiger partial charge in [-0.05, 0) is 24.3 Å². The van der Waals surface area contributed by atoms with Crippen LogP contribution in [-0.4, -0.2) is 16.5 Å². The summed E-state index contributed by atoms with van der Waals surface area (Å²) in [6.07, 6.45) is 3.60. The Morgan fingerprint density at radius 2 is 1.94 bits per heavy atom. The fourth-order valence-electron chi connectivity index (χ4n) is 1.89. The molecule has 0 aliphatic heterocycles. The van der Waals surface area contributed by atoms with E-state index in [2.05, 4.69) is 4.98 Å². The minimum absolute atomic E-state index is 0.270. The van der Waals surface area contributed by atoms with Crippen molar-refractivity contribution in [2.75, 3.05) is 7.11 Å². The normalized spacial score (nSPS) is 10.8. The lowest BCUT2D eigenvalue weighted by Crippen LogP contribution is -1.86. The summed E-state index contributed by atoms with van der Waals surface area (Å²) in [7, 11) is 1.61. The molecule has 0 amide bonds. The highest BCUT2D eigenvalue weighted by Gasteiger charge is 2.08. The molecule has 0 spiro atoms. The minimum Gasteiger partial charge on any atom is -0.495 e. The minimum atomic E-state index is -0.270. The highest BCUT2D eigenvalue weighted by Crippen LogP contribution is 2.23. The van der Waals surface area contributed by atoms with Gasteiger partial charge in [0.25, 0.3) is 0 Å². The molecular weight excluding hydrogens is 231 g/mol. The molecule has 0 unspecified atom stereocenters. The maximum absolute atomic E-state index is 13.7. The van der Waals surface area contributed by atoms with Crippen LogP contribution in [0.2, 0.25) is 0 Å². The van der Waals surface area contributed by atoms with Crippen LogP contribution >= 0.6 is 0 Å². The number of imidazole rings is 1. The van der Waals surface area contributed by atoms with E-state index < -0.39 is 0 Å². The van der Waals surface area contributed by atoms with E-state index in [1.165, 1.54) is 6.07 Å². The maximum atomic E-state index is 13.7. The summed E-state index contributed by atoms with van der Waals surface area (Å²) in [6, 6.07) is 10.3. The number of fused-ring (bicyclic) bond motifs is 1. The summed E-state index contributed by atoms with van der Waals surface area (Å²) in [5.74, 6) is 0.466. The lowest BCUT2D eigenvalue weighted by molar-refractivity contribution is 0.412. The summed E-state index contributed by atoms with van der Waals surface area (Å²) in [5.41, 5.74) is 1.87. The Morgan fingerprint density at radius 3 is 2.72 bits per heavy atom. The topological polar surface area (TPSA) is 26.5 Å². The first-order valence-corrected chi connectivity index (χ1v) is 5.55. The summed E-state index contributed by atoms with van der Waals surface area (Å²) in [4.78, 5) is 4.39. The number of hydrogen-bond acceptors (Lipinski definition) is 2. The number of ether oxygens (including phenoxy) is 1. The van der Waals surface area contributed by atoms with Gasteiger partial charge in [-0.25, -0.2) is 9.37 Å². The summed E-state index contributed by atoms with van der Waals surface area (Å²) < 4.78 is 20.6. The summed E-state index contributed by atoms with van der Waals surface area (Å²) >= 11 is 0. The van der Waals surface area contributed by atoms with Crippen molar-refractivity contribution in [3.63, 3.8) is 0 Å². The molecule has 0 saturated carbocycles. The van der Waals surface area contributed by atoms with Crippen LogP contribution in [-0.2, 0) is 0 Å². The molecule has 3 nitrogen and oxygen atoms in total. The van der Waals surface area contributed by atoms with E-state index in [1.807, 2.05) is 22.7 Å². The van der Waals surface area contributed by atoms with Crippen LogP contribution in [0.15, 0.2) is 48.8 Å². The lowest BCUT2D eigenvalue weighted by Gasteiger charge is -1.98. The Morgan fingerprint density at radius 1 is 1.11 bits per heavy atom. The molecule has 3 aromatic rings. The van der Waals surface area contributed by atoms with Crippen LogP contribution in [0.1, 0.15) is 0 Å². The largest absolute Gasteiger partial charge is 0.495 e. The zero-order chi connectivity index (χ0) is 12.5. The molecule has 3 rings (SSSR count). The highest BCUT2D eigenvalue weighted by atomic mass is 19.1. The van der Waals surface area contributed by atoms with E-state index in [1.54, 1.807) is 31.5 Å². The highest BCUT2D eigenvalue weighted by molar-refractivity contribution is 5.63. The molecule has 90 valence electrons. The van der Waals surface area contributed by atoms with Crippen molar-refractivity contribution in [3.05, 3.63) is 54.6 Å². The van der Waals surface area contributed by atoms with Crippen LogP contribution in [0.4, 0.5) is 4.39 Å². The molecule has 0 atom stereocenters. The van der Waals surface area contributed by atoms with Gasteiger partial charge in [0, 0.05) is 11.8 Å².